The Kier molecular flexibility index (Phi) is 4.59. The van der Waals surface area contributed by atoms with Crippen molar-refractivity contribution in [2.24, 2.45) is 11.7 Å². The van der Waals surface area contributed by atoms with Crippen LogP contribution in [0.5, 0.6) is 0 Å². The van der Waals surface area contributed by atoms with Gasteiger partial charge in [0.15, 0.2) is 0 Å². The van der Waals surface area contributed by atoms with E-state index in [4.69, 9.17) is 10.8 Å². The first-order valence-electron chi connectivity index (χ1n) is 4.76. The van der Waals surface area contributed by atoms with Crippen LogP contribution in [0.3, 0.4) is 0 Å². The summed E-state index contributed by atoms with van der Waals surface area (Å²) in [6.07, 6.45) is 4.68. The number of hydrogen-bond donors (Lipinski definition) is 2. The van der Waals surface area contributed by atoms with Crippen LogP contribution in [0, 0.1) is 5.92 Å². The molecule has 3 nitrogen and oxygen atoms in total. The van der Waals surface area contributed by atoms with Crippen LogP contribution in [0.2, 0.25) is 0 Å². The minimum atomic E-state index is -0.885. The molecule has 1 unspecified atom stereocenters. The Hall–Kier alpha value is -0.220. The average Bonchev–Trinajstić information content (AvgIpc) is 2.00. The molecule has 1 saturated carbocycles. The van der Waals surface area contributed by atoms with Crippen molar-refractivity contribution in [2.75, 3.05) is 11.5 Å². The van der Waals surface area contributed by atoms with Crippen molar-refractivity contribution in [1.82, 2.24) is 0 Å². The van der Waals surface area contributed by atoms with Gasteiger partial charge in [-0.3, -0.25) is 4.79 Å². The number of nitrogens with two attached hydrogens (primary N) is 1. The van der Waals surface area contributed by atoms with Gasteiger partial charge in [-0.1, -0.05) is 6.42 Å². The highest BCUT2D eigenvalue weighted by molar-refractivity contribution is 7.99. The monoisotopic (exact) mass is 203 g/mol. The van der Waals surface area contributed by atoms with E-state index >= 15 is 0 Å². The summed E-state index contributed by atoms with van der Waals surface area (Å²) in [7, 11) is 0. The predicted octanol–water partition coefficient (Wildman–Crippen LogP) is 1.32. The molecule has 1 rings (SSSR count). The maximum atomic E-state index is 10.4. The first kappa shape index (κ1) is 10.9. The number of carboxylic acid groups (broad SMARTS) is 1. The van der Waals surface area contributed by atoms with E-state index in [1.54, 1.807) is 0 Å². The van der Waals surface area contributed by atoms with Crippen molar-refractivity contribution in [3.05, 3.63) is 0 Å². The second-order valence-corrected chi connectivity index (χ2v) is 4.76. The van der Waals surface area contributed by atoms with Crippen LogP contribution in [0.15, 0.2) is 0 Å². The Labute approximate surface area is 83.1 Å². The highest BCUT2D eigenvalue weighted by atomic mass is 32.2. The molecule has 0 aromatic carbocycles. The Morgan fingerprint density at radius 2 is 2.31 bits per heavy atom. The minimum Gasteiger partial charge on any atom is -0.480 e. The topological polar surface area (TPSA) is 63.3 Å². The molecule has 0 amide bonds. The van der Waals surface area contributed by atoms with Crippen molar-refractivity contribution in [1.29, 1.82) is 0 Å². The van der Waals surface area contributed by atoms with Gasteiger partial charge in [0.1, 0.15) is 6.04 Å². The zero-order valence-electron chi connectivity index (χ0n) is 7.74. The summed E-state index contributed by atoms with van der Waals surface area (Å²) in [6.45, 7) is 0. The van der Waals surface area contributed by atoms with E-state index in [1.165, 1.54) is 25.0 Å². The molecule has 0 aromatic heterocycles. The lowest BCUT2D eigenvalue weighted by Crippen LogP contribution is -2.30. The molecule has 0 aliphatic heterocycles. The molecule has 0 heterocycles. The van der Waals surface area contributed by atoms with Crippen LogP contribution in [0.25, 0.3) is 0 Å². The van der Waals surface area contributed by atoms with Gasteiger partial charge in [0.25, 0.3) is 0 Å². The lowest BCUT2D eigenvalue weighted by atomic mass is 9.87. The number of hydrogen-bond acceptors (Lipinski definition) is 3. The van der Waals surface area contributed by atoms with Gasteiger partial charge in [0, 0.05) is 0 Å². The molecule has 0 radical (unpaired) electrons. The molecule has 0 bridgehead atoms. The maximum Gasteiger partial charge on any atom is 0.320 e. The highest BCUT2D eigenvalue weighted by Crippen LogP contribution is 2.29. The van der Waals surface area contributed by atoms with Crippen LogP contribution < -0.4 is 5.73 Å². The molecule has 4 heteroatoms. The molecule has 76 valence electrons. The molecule has 13 heavy (non-hydrogen) atoms. The van der Waals surface area contributed by atoms with Crippen molar-refractivity contribution in [3.8, 4) is 0 Å². The molecule has 1 fully saturated rings. The quantitative estimate of drug-likeness (QED) is 0.639. The molecular formula is C9H17NO2S. The lowest BCUT2D eigenvalue weighted by Gasteiger charge is -2.24. The number of rotatable bonds is 6. The second kappa shape index (κ2) is 5.50. The van der Waals surface area contributed by atoms with Gasteiger partial charge >= 0.3 is 5.97 Å². The molecule has 0 spiro atoms. The normalized spacial score (nSPS) is 19.5. The molecule has 1 aliphatic rings. The van der Waals surface area contributed by atoms with E-state index < -0.39 is 12.0 Å². The van der Waals surface area contributed by atoms with E-state index in [2.05, 4.69) is 0 Å². The smallest absolute Gasteiger partial charge is 0.320 e. The van der Waals surface area contributed by atoms with E-state index in [-0.39, 0.29) is 0 Å². The number of carbonyl (C=O) groups is 1. The lowest BCUT2D eigenvalue weighted by molar-refractivity contribution is -0.138. The third-order valence-electron chi connectivity index (χ3n) is 2.47. The Morgan fingerprint density at radius 1 is 1.62 bits per heavy atom. The standard InChI is InChI=1S/C9H17NO2S/c10-8(9(11)12)4-5-13-6-7-2-1-3-7/h7-8H,1-6,10H2,(H,11,12). The number of aliphatic carboxylic acids is 1. The summed E-state index contributed by atoms with van der Waals surface area (Å²) in [4.78, 5) is 10.4. The van der Waals surface area contributed by atoms with Crippen LogP contribution in [0.1, 0.15) is 25.7 Å². The van der Waals surface area contributed by atoms with E-state index in [1.807, 2.05) is 11.8 Å². The van der Waals surface area contributed by atoms with Crippen LogP contribution >= 0.6 is 11.8 Å². The van der Waals surface area contributed by atoms with Crippen molar-refractivity contribution >= 4 is 17.7 Å². The molecule has 0 aromatic rings. The number of thioether (sulfide) groups is 1. The van der Waals surface area contributed by atoms with E-state index in [9.17, 15) is 4.79 Å². The van der Waals surface area contributed by atoms with Gasteiger partial charge in [-0.2, -0.15) is 11.8 Å². The summed E-state index contributed by atoms with van der Waals surface area (Å²) in [5, 5.41) is 8.51. The van der Waals surface area contributed by atoms with Crippen molar-refractivity contribution < 1.29 is 9.90 Å². The summed E-state index contributed by atoms with van der Waals surface area (Å²) in [5.74, 6) is 2.08. The van der Waals surface area contributed by atoms with Crippen LogP contribution in [-0.4, -0.2) is 28.6 Å². The first-order chi connectivity index (χ1) is 6.20. The van der Waals surface area contributed by atoms with Gasteiger partial charge < -0.3 is 10.8 Å². The SMILES string of the molecule is NC(CCSCC1CCC1)C(=O)O. The van der Waals surface area contributed by atoms with E-state index in [0.717, 1.165) is 11.7 Å². The third-order valence-corrected chi connectivity index (χ3v) is 3.70. The summed E-state index contributed by atoms with van der Waals surface area (Å²) in [5.41, 5.74) is 5.37. The molecule has 3 N–H and O–H groups in total. The fourth-order valence-electron chi connectivity index (χ4n) is 1.24. The molecule has 1 aliphatic carbocycles. The first-order valence-corrected chi connectivity index (χ1v) is 5.91. The summed E-state index contributed by atoms with van der Waals surface area (Å²) < 4.78 is 0. The van der Waals surface area contributed by atoms with Crippen molar-refractivity contribution in [2.45, 2.75) is 31.7 Å². The largest absolute Gasteiger partial charge is 0.480 e. The maximum absolute atomic E-state index is 10.4. The fraction of sp³-hybridized carbons (Fsp3) is 0.889. The van der Waals surface area contributed by atoms with Crippen molar-refractivity contribution in [3.63, 3.8) is 0 Å². The predicted molar refractivity (Wildman–Crippen MR) is 54.9 cm³/mol. The molecular weight excluding hydrogens is 186 g/mol. The Morgan fingerprint density at radius 3 is 2.77 bits per heavy atom. The highest BCUT2D eigenvalue weighted by Gasteiger charge is 2.17. The fourth-order valence-corrected chi connectivity index (χ4v) is 2.50. The van der Waals surface area contributed by atoms with E-state index in [0.29, 0.717) is 6.42 Å². The molecule has 0 saturated heterocycles. The summed E-state index contributed by atoms with van der Waals surface area (Å²) >= 11 is 1.84. The third kappa shape index (κ3) is 4.00. The zero-order chi connectivity index (χ0) is 9.68. The number of carboxylic acids is 1. The van der Waals surface area contributed by atoms with Gasteiger partial charge in [0.2, 0.25) is 0 Å². The van der Waals surface area contributed by atoms with Gasteiger partial charge in [-0.15, -0.1) is 0 Å². The Balaban J connectivity index is 1.90. The molecule has 1 atom stereocenters. The van der Waals surface area contributed by atoms with Crippen LogP contribution in [0.4, 0.5) is 0 Å². The van der Waals surface area contributed by atoms with Gasteiger partial charge in [-0.25, -0.2) is 0 Å². The average molecular weight is 203 g/mol. The van der Waals surface area contributed by atoms with Gasteiger partial charge in [-0.05, 0) is 36.7 Å². The van der Waals surface area contributed by atoms with Gasteiger partial charge in [0.05, 0.1) is 0 Å². The Bertz CT molecular complexity index is 171. The minimum absolute atomic E-state index is 0.590. The zero-order valence-corrected chi connectivity index (χ0v) is 8.55. The second-order valence-electron chi connectivity index (χ2n) is 3.61. The van der Waals surface area contributed by atoms with Crippen LogP contribution in [-0.2, 0) is 4.79 Å². The summed E-state index contributed by atoms with van der Waals surface area (Å²) in [6, 6.07) is -0.672.